The first-order chi connectivity index (χ1) is 12.0. The molecule has 1 N–H and O–H groups in total. The van der Waals surface area contributed by atoms with Gasteiger partial charge in [-0.25, -0.2) is 0 Å². The van der Waals surface area contributed by atoms with E-state index in [1.54, 1.807) is 18.2 Å². The van der Waals surface area contributed by atoms with E-state index in [-0.39, 0.29) is 24.7 Å². The van der Waals surface area contributed by atoms with Crippen LogP contribution in [0, 0.1) is 0 Å². The smallest absolute Gasteiger partial charge is 0.325 e. The van der Waals surface area contributed by atoms with Crippen LogP contribution >= 0.6 is 15.9 Å². The van der Waals surface area contributed by atoms with Crippen molar-refractivity contribution < 1.29 is 23.5 Å². The summed E-state index contributed by atoms with van der Waals surface area (Å²) < 4.78 is 10.4. The summed E-state index contributed by atoms with van der Waals surface area (Å²) in [7, 11) is 0. The van der Waals surface area contributed by atoms with Crippen LogP contribution in [0.4, 0.5) is 0 Å². The van der Waals surface area contributed by atoms with Gasteiger partial charge in [0, 0.05) is 5.56 Å². The molecule has 132 valence electrons. The highest BCUT2D eigenvalue weighted by Gasteiger charge is 2.14. The normalized spacial score (nSPS) is 10.3. The van der Waals surface area contributed by atoms with E-state index in [0.29, 0.717) is 10.2 Å². The first-order valence-corrected chi connectivity index (χ1v) is 8.60. The van der Waals surface area contributed by atoms with E-state index in [1.807, 2.05) is 12.1 Å². The monoisotopic (exact) mass is 407 g/mol. The van der Waals surface area contributed by atoms with Gasteiger partial charge in [0.1, 0.15) is 6.54 Å². The Bertz CT molecular complexity index is 751. The number of ether oxygens (including phenoxy) is 1. The van der Waals surface area contributed by atoms with Crippen LogP contribution in [0.1, 0.15) is 39.8 Å². The lowest BCUT2D eigenvalue weighted by Gasteiger charge is -2.06. The van der Waals surface area contributed by atoms with Crippen molar-refractivity contribution in [2.75, 3.05) is 13.2 Å². The number of carbonyl (C=O) groups excluding carboxylic acids is 3. The SMILES string of the molecule is CCCc1ccc(C(=O)COC(=O)CNC(=O)c2ccc(Br)o2)cc1. The topological polar surface area (TPSA) is 85.6 Å². The zero-order valence-electron chi connectivity index (χ0n) is 13.7. The summed E-state index contributed by atoms with van der Waals surface area (Å²) in [5.74, 6) is -1.46. The lowest BCUT2D eigenvalue weighted by atomic mass is 10.1. The molecule has 0 unspecified atom stereocenters. The molecule has 0 spiro atoms. The number of carbonyl (C=O) groups is 3. The Labute approximate surface area is 153 Å². The quantitative estimate of drug-likeness (QED) is 0.536. The molecule has 6 nitrogen and oxygen atoms in total. The molecule has 0 aliphatic carbocycles. The Kier molecular flexibility index (Phi) is 6.94. The third-order valence-electron chi connectivity index (χ3n) is 3.37. The van der Waals surface area contributed by atoms with E-state index in [0.717, 1.165) is 18.4 Å². The minimum absolute atomic E-state index is 0.0721. The molecular formula is C18H18BrNO5. The maximum atomic E-state index is 12.0. The second-order valence-electron chi connectivity index (χ2n) is 5.32. The molecule has 1 amide bonds. The van der Waals surface area contributed by atoms with Crippen molar-refractivity contribution >= 4 is 33.6 Å². The van der Waals surface area contributed by atoms with E-state index < -0.39 is 11.9 Å². The van der Waals surface area contributed by atoms with Gasteiger partial charge in [0.25, 0.3) is 5.91 Å². The largest absolute Gasteiger partial charge is 0.456 e. The fourth-order valence-corrected chi connectivity index (χ4v) is 2.41. The van der Waals surface area contributed by atoms with Gasteiger partial charge < -0.3 is 14.5 Å². The Morgan fingerprint density at radius 3 is 2.44 bits per heavy atom. The van der Waals surface area contributed by atoms with E-state index in [2.05, 4.69) is 28.2 Å². The summed E-state index contributed by atoms with van der Waals surface area (Å²) in [6, 6.07) is 10.3. The van der Waals surface area contributed by atoms with Crippen LogP contribution in [0.25, 0.3) is 0 Å². The Morgan fingerprint density at radius 2 is 1.84 bits per heavy atom. The van der Waals surface area contributed by atoms with Crippen molar-refractivity contribution in [3.8, 4) is 0 Å². The average Bonchev–Trinajstić information content (AvgIpc) is 3.05. The molecule has 0 aliphatic heterocycles. The predicted molar refractivity (Wildman–Crippen MR) is 94.5 cm³/mol. The summed E-state index contributed by atoms with van der Waals surface area (Å²) in [6.45, 7) is 1.37. The summed E-state index contributed by atoms with van der Waals surface area (Å²) in [4.78, 5) is 35.3. The van der Waals surface area contributed by atoms with Crippen LogP contribution in [0.3, 0.4) is 0 Å². The van der Waals surface area contributed by atoms with Gasteiger partial charge in [-0.2, -0.15) is 0 Å². The lowest BCUT2D eigenvalue weighted by molar-refractivity contribution is -0.141. The van der Waals surface area contributed by atoms with Gasteiger partial charge in [0.15, 0.2) is 22.8 Å². The van der Waals surface area contributed by atoms with Crippen LogP contribution in [0.15, 0.2) is 45.5 Å². The van der Waals surface area contributed by atoms with Crippen LogP contribution < -0.4 is 5.32 Å². The Hall–Kier alpha value is -2.41. The highest BCUT2D eigenvalue weighted by molar-refractivity contribution is 9.10. The van der Waals surface area contributed by atoms with E-state index in [9.17, 15) is 14.4 Å². The maximum absolute atomic E-state index is 12.0. The number of halogens is 1. The van der Waals surface area contributed by atoms with Gasteiger partial charge in [0.2, 0.25) is 0 Å². The number of benzene rings is 1. The molecule has 2 aromatic rings. The summed E-state index contributed by atoms with van der Waals surface area (Å²) in [6.07, 6.45) is 1.99. The van der Waals surface area contributed by atoms with Crippen LogP contribution in [-0.4, -0.2) is 30.8 Å². The van der Waals surface area contributed by atoms with Crippen molar-refractivity contribution in [2.45, 2.75) is 19.8 Å². The number of ketones is 1. The molecule has 1 aromatic heterocycles. The van der Waals surface area contributed by atoms with Gasteiger partial charge in [-0.15, -0.1) is 0 Å². The Balaban J connectivity index is 1.75. The molecule has 0 bridgehead atoms. The average molecular weight is 408 g/mol. The fraction of sp³-hybridized carbons (Fsp3) is 0.278. The molecule has 25 heavy (non-hydrogen) atoms. The molecule has 0 radical (unpaired) electrons. The second kappa shape index (κ2) is 9.17. The molecule has 2 rings (SSSR count). The lowest BCUT2D eigenvalue weighted by Crippen LogP contribution is -2.31. The number of rotatable bonds is 8. The van der Waals surface area contributed by atoms with E-state index >= 15 is 0 Å². The molecule has 0 atom stereocenters. The number of furan rings is 1. The number of amides is 1. The molecule has 0 aliphatic rings. The number of esters is 1. The van der Waals surface area contributed by atoms with Gasteiger partial charge in [-0.3, -0.25) is 14.4 Å². The molecule has 1 heterocycles. The van der Waals surface area contributed by atoms with Crippen LogP contribution in [-0.2, 0) is 16.0 Å². The Morgan fingerprint density at radius 1 is 1.12 bits per heavy atom. The van der Waals surface area contributed by atoms with Gasteiger partial charge in [-0.05, 0) is 40.0 Å². The number of nitrogens with one attached hydrogen (secondary N) is 1. The number of hydrogen-bond acceptors (Lipinski definition) is 5. The van der Waals surface area contributed by atoms with Crippen LogP contribution in [0.5, 0.6) is 0 Å². The number of aryl methyl sites for hydroxylation is 1. The van der Waals surface area contributed by atoms with Crippen LogP contribution in [0.2, 0.25) is 0 Å². The van der Waals surface area contributed by atoms with Crippen molar-refractivity contribution in [2.24, 2.45) is 0 Å². The summed E-state index contributed by atoms with van der Waals surface area (Å²) in [5.41, 5.74) is 1.64. The van der Waals surface area contributed by atoms with Crippen molar-refractivity contribution in [3.63, 3.8) is 0 Å². The maximum Gasteiger partial charge on any atom is 0.325 e. The molecule has 0 saturated carbocycles. The van der Waals surface area contributed by atoms with Gasteiger partial charge in [-0.1, -0.05) is 37.6 Å². The highest BCUT2D eigenvalue weighted by atomic mass is 79.9. The molecule has 0 saturated heterocycles. The minimum Gasteiger partial charge on any atom is -0.456 e. The summed E-state index contributed by atoms with van der Waals surface area (Å²) in [5, 5.41) is 2.36. The fourth-order valence-electron chi connectivity index (χ4n) is 2.10. The first-order valence-electron chi connectivity index (χ1n) is 7.81. The van der Waals surface area contributed by atoms with E-state index in [1.165, 1.54) is 6.07 Å². The molecule has 0 fully saturated rings. The standard InChI is InChI=1S/C18H18BrNO5/c1-2-3-12-4-6-13(7-5-12)14(21)11-24-17(22)10-20-18(23)15-8-9-16(19)25-15/h4-9H,2-3,10-11H2,1H3,(H,20,23). The first kappa shape index (κ1) is 18.9. The summed E-state index contributed by atoms with van der Waals surface area (Å²) >= 11 is 3.08. The van der Waals surface area contributed by atoms with Crippen molar-refractivity contribution in [1.82, 2.24) is 5.32 Å². The molecule has 7 heteroatoms. The highest BCUT2D eigenvalue weighted by Crippen LogP contribution is 2.13. The molecule has 1 aromatic carbocycles. The minimum atomic E-state index is -0.699. The van der Waals surface area contributed by atoms with Gasteiger partial charge in [0.05, 0.1) is 0 Å². The third kappa shape index (κ3) is 5.86. The van der Waals surface area contributed by atoms with E-state index in [4.69, 9.17) is 9.15 Å². The predicted octanol–water partition coefficient (Wildman–Crippen LogP) is 3.15. The number of Topliss-reactive ketones (excluding diaryl/α,β-unsaturated/α-hetero) is 1. The van der Waals surface area contributed by atoms with Gasteiger partial charge >= 0.3 is 5.97 Å². The third-order valence-corrected chi connectivity index (χ3v) is 3.80. The molecular weight excluding hydrogens is 390 g/mol. The zero-order chi connectivity index (χ0) is 18.2. The zero-order valence-corrected chi connectivity index (χ0v) is 15.3. The second-order valence-corrected chi connectivity index (χ2v) is 6.10. The number of hydrogen-bond donors (Lipinski definition) is 1. The van der Waals surface area contributed by atoms with Crippen molar-refractivity contribution in [3.05, 3.63) is 58.0 Å². The van der Waals surface area contributed by atoms with Crippen molar-refractivity contribution in [1.29, 1.82) is 0 Å².